The number of carboxylic acid groups (broad SMARTS) is 1. The van der Waals surface area contributed by atoms with Gasteiger partial charge in [-0.05, 0) is 43.3 Å². The van der Waals surface area contributed by atoms with Crippen LogP contribution in [0.15, 0.2) is 47.1 Å². The van der Waals surface area contributed by atoms with Crippen molar-refractivity contribution in [3.8, 4) is 10.8 Å². The van der Waals surface area contributed by atoms with Crippen molar-refractivity contribution in [1.29, 1.82) is 0 Å². The van der Waals surface area contributed by atoms with Gasteiger partial charge in [-0.15, -0.1) is 10.2 Å². The van der Waals surface area contributed by atoms with E-state index in [1.54, 1.807) is 18.2 Å². The Morgan fingerprint density at radius 2 is 2.00 bits per heavy atom. The van der Waals surface area contributed by atoms with E-state index in [1.165, 1.54) is 40.7 Å². The molecule has 9 heteroatoms. The predicted octanol–water partition coefficient (Wildman–Crippen LogP) is 2.49. The normalized spacial score (nSPS) is 10.7. The first-order valence-electron chi connectivity index (χ1n) is 7.83. The Hall–Kier alpha value is -3.04. The minimum absolute atomic E-state index is 0.0446. The number of anilines is 1. The number of amides is 1. The molecule has 8 nitrogen and oxygen atoms in total. The summed E-state index contributed by atoms with van der Waals surface area (Å²) in [4.78, 5) is 25.5. The van der Waals surface area contributed by atoms with Crippen LogP contribution >= 0.6 is 11.3 Å². The molecule has 0 radical (unpaired) electrons. The minimum atomic E-state index is -1.09. The molecule has 2 aromatic heterocycles. The lowest BCUT2D eigenvalue weighted by molar-refractivity contribution is 0.0697. The molecule has 0 aliphatic heterocycles. The van der Waals surface area contributed by atoms with Crippen LogP contribution in [-0.2, 0) is 0 Å². The Kier molecular flexibility index (Phi) is 5.40. The van der Waals surface area contributed by atoms with E-state index in [0.717, 1.165) is 0 Å². The lowest BCUT2D eigenvalue weighted by Crippen LogP contribution is -2.33. The van der Waals surface area contributed by atoms with E-state index in [2.05, 4.69) is 10.2 Å². The summed E-state index contributed by atoms with van der Waals surface area (Å²) < 4.78 is 5.30. The van der Waals surface area contributed by atoms with Crippen LogP contribution in [0.4, 0.5) is 5.13 Å². The number of benzene rings is 1. The molecule has 3 aromatic rings. The Morgan fingerprint density at radius 3 is 2.69 bits per heavy atom. The molecule has 0 aliphatic rings. The molecule has 0 aliphatic carbocycles. The topological polar surface area (TPSA) is 123 Å². The van der Waals surface area contributed by atoms with Gasteiger partial charge in [0.15, 0.2) is 10.8 Å². The van der Waals surface area contributed by atoms with E-state index in [4.69, 9.17) is 15.3 Å². The van der Waals surface area contributed by atoms with Crippen LogP contribution in [0, 0.1) is 0 Å². The van der Waals surface area contributed by atoms with Gasteiger partial charge in [-0.3, -0.25) is 9.69 Å². The van der Waals surface area contributed by atoms with Gasteiger partial charge in [0, 0.05) is 12.1 Å². The zero-order valence-corrected chi connectivity index (χ0v) is 14.5. The largest absolute Gasteiger partial charge is 0.478 e. The highest BCUT2D eigenvalue weighted by molar-refractivity contribution is 7.18. The van der Waals surface area contributed by atoms with Gasteiger partial charge < -0.3 is 15.3 Å². The van der Waals surface area contributed by atoms with E-state index in [0.29, 0.717) is 35.4 Å². The molecule has 0 bridgehead atoms. The number of furan rings is 1. The standard InChI is InChI=1S/C17H16N4O4S/c18-7-3-8-21(15(22)11-4-1-5-12(10-11)16(23)24)17-20-19-14(26-17)13-6-2-9-25-13/h1-2,4-6,9-10H,3,7-8,18H2,(H,23,24). The Balaban J connectivity index is 1.91. The van der Waals surface area contributed by atoms with Crippen molar-refractivity contribution >= 4 is 28.3 Å². The van der Waals surface area contributed by atoms with Gasteiger partial charge in [0.2, 0.25) is 5.13 Å². The van der Waals surface area contributed by atoms with Crippen molar-refractivity contribution in [2.45, 2.75) is 6.42 Å². The molecule has 0 saturated carbocycles. The molecule has 134 valence electrons. The molecule has 0 unspecified atom stereocenters. The van der Waals surface area contributed by atoms with E-state index in [1.807, 2.05) is 0 Å². The molecule has 1 aromatic carbocycles. The molecule has 0 fully saturated rings. The Labute approximate surface area is 152 Å². The second-order valence-corrected chi connectivity index (χ2v) is 6.31. The first-order chi connectivity index (χ1) is 12.6. The van der Waals surface area contributed by atoms with Crippen molar-refractivity contribution in [2.24, 2.45) is 5.73 Å². The van der Waals surface area contributed by atoms with Crippen molar-refractivity contribution < 1.29 is 19.1 Å². The number of nitrogens with zero attached hydrogens (tertiary/aromatic N) is 3. The summed E-state index contributed by atoms with van der Waals surface area (Å²) in [7, 11) is 0. The van der Waals surface area contributed by atoms with Gasteiger partial charge in [0.1, 0.15) is 0 Å². The van der Waals surface area contributed by atoms with Gasteiger partial charge >= 0.3 is 5.97 Å². The summed E-state index contributed by atoms with van der Waals surface area (Å²) >= 11 is 1.21. The molecule has 0 saturated heterocycles. The number of carbonyl (C=O) groups excluding carboxylic acids is 1. The summed E-state index contributed by atoms with van der Waals surface area (Å²) in [5.41, 5.74) is 5.88. The zero-order valence-electron chi connectivity index (χ0n) is 13.7. The van der Waals surface area contributed by atoms with E-state index >= 15 is 0 Å². The van der Waals surface area contributed by atoms with Gasteiger partial charge in [-0.2, -0.15) is 0 Å². The molecule has 1 amide bonds. The molecule has 0 atom stereocenters. The van der Waals surface area contributed by atoms with Crippen LogP contribution in [0.25, 0.3) is 10.8 Å². The highest BCUT2D eigenvalue weighted by Gasteiger charge is 2.23. The summed E-state index contributed by atoms with van der Waals surface area (Å²) in [6.45, 7) is 0.752. The second kappa shape index (κ2) is 7.89. The number of carbonyl (C=O) groups is 2. The minimum Gasteiger partial charge on any atom is -0.478 e. The van der Waals surface area contributed by atoms with E-state index in [9.17, 15) is 9.59 Å². The average molecular weight is 372 g/mol. The maximum absolute atomic E-state index is 12.9. The number of nitrogens with two attached hydrogens (primary N) is 1. The number of carboxylic acids is 1. The number of rotatable bonds is 7. The number of hydrogen-bond donors (Lipinski definition) is 2. The van der Waals surface area contributed by atoms with Crippen LogP contribution < -0.4 is 10.6 Å². The summed E-state index contributed by atoms with van der Waals surface area (Å²) in [6, 6.07) is 9.38. The lowest BCUT2D eigenvalue weighted by Gasteiger charge is -2.19. The molecular formula is C17H16N4O4S. The first-order valence-corrected chi connectivity index (χ1v) is 8.64. The van der Waals surface area contributed by atoms with Crippen LogP contribution in [0.1, 0.15) is 27.1 Å². The number of aromatic nitrogens is 2. The fourth-order valence-corrected chi connectivity index (χ4v) is 3.14. The predicted molar refractivity (Wildman–Crippen MR) is 96.4 cm³/mol. The second-order valence-electron chi connectivity index (χ2n) is 5.35. The fraction of sp³-hybridized carbons (Fsp3) is 0.176. The highest BCUT2D eigenvalue weighted by atomic mass is 32.1. The number of aromatic carboxylic acids is 1. The zero-order chi connectivity index (χ0) is 18.5. The monoisotopic (exact) mass is 372 g/mol. The van der Waals surface area contributed by atoms with Gasteiger partial charge in [-0.1, -0.05) is 17.4 Å². The first kappa shape index (κ1) is 17.8. The highest BCUT2D eigenvalue weighted by Crippen LogP contribution is 2.30. The summed E-state index contributed by atoms with van der Waals surface area (Å²) in [6.07, 6.45) is 2.10. The van der Waals surface area contributed by atoms with Crippen molar-refractivity contribution in [1.82, 2.24) is 10.2 Å². The SMILES string of the molecule is NCCCN(C(=O)c1cccc(C(=O)O)c1)c1nnc(-c2ccco2)s1. The van der Waals surface area contributed by atoms with Gasteiger partial charge in [0.05, 0.1) is 11.8 Å². The molecular weight excluding hydrogens is 356 g/mol. The fourth-order valence-electron chi connectivity index (χ4n) is 2.30. The molecule has 3 rings (SSSR count). The summed E-state index contributed by atoms with van der Waals surface area (Å²) in [5.74, 6) is -0.888. The molecule has 0 spiro atoms. The third-order valence-corrected chi connectivity index (χ3v) is 4.53. The van der Waals surface area contributed by atoms with Crippen LogP contribution in [0.2, 0.25) is 0 Å². The third kappa shape index (κ3) is 3.79. The third-order valence-electron chi connectivity index (χ3n) is 3.56. The Bertz CT molecular complexity index is 907. The quantitative estimate of drug-likeness (QED) is 0.653. The van der Waals surface area contributed by atoms with Crippen molar-refractivity contribution in [2.75, 3.05) is 18.0 Å². The van der Waals surface area contributed by atoms with Crippen LogP contribution in [0.5, 0.6) is 0 Å². The molecule has 26 heavy (non-hydrogen) atoms. The smallest absolute Gasteiger partial charge is 0.335 e. The van der Waals surface area contributed by atoms with Crippen molar-refractivity contribution in [3.05, 3.63) is 53.8 Å². The molecule has 2 heterocycles. The van der Waals surface area contributed by atoms with E-state index < -0.39 is 5.97 Å². The maximum atomic E-state index is 12.9. The lowest BCUT2D eigenvalue weighted by atomic mass is 10.1. The van der Waals surface area contributed by atoms with Gasteiger partial charge in [0.25, 0.3) is 5.91 Å². The Morgan fingerprint density at radius 1 is 1.19 bits per heavy atom. The van der Waals surface area contributed by atoms with E-state index in [-0.39, 0.29) is 17.0 Å². The molecule has 3 N–H and O–H groups in total. The van der Waals surface area contributed by atoms with Crippen LogP contribution in [0.3, 0.4) is 0 Å². The van der Waals surface area contributed by atoms with Crippen molar-refractivity contribution in [3.63, 3.8) is 0 Å². The average Bonchev–Trinajstić information content (AvgIpc) is 3.33. The van der Waals surface area contributed by atoms with Gasteiger partial charge in [-0.25, -0.2) is 4.79 Å². The summed E-state index contributed by atoms with van der Waals surface area (Å²) in [5, 5.41) is 18.2. The maximum Gasteiger partial charge on any atom is 0.335 e. The van der Waals surface area contributed by atoms with Crippen LogP contribution in [-0.4, -0.2) is 40.3 Å². The number of hydrogen-bond acceptors (Lipinski definition) is 7.